The van der Waals surface area contributed by atoms with Crippen LogP contribution in [-0.4, -0.2) is 38.2 Å². The van der Waals surface area contributed by atoms with Gasteiger partial charge >= 0.3 is 0 Å². The van der Waals surface area contributed by atoms with E-state index in [1.54, 1.807) is 31.2 Å². The Balaban J connectivity index is 1.87. The van der Waals surface area contributed by atoms with Crippen molar-refractivity contribution in [2.45, 2.75) is 17.9 Å². The van der Waals surface area contributed by atoms with Crippen molar-refractivity contribution in [1.82, 2.24) is 4.72 Å². The number of azo groups is 1. The number of nitrogens with one attached hydrogen (secondary N) is 1. The van der Waals surface area contributed by atoms with E-state index in [9.17, 15) is 18.3 Å². The van der Waals surface area contributed by atoms with Crippen LogP contribution in [0.5, 0.6) is 5.75 Å². The molecule has 9 nitrogen and oxygen atoms in total. The second kappa shape index (κ2) is 7.66. The summed E-state index contributed by atoms with van der Waals surface area (Å²) >= 11 is 5.86. The number of hydrogen-bond donors (Lipinski definition) is 2. The Bertz CT molecular complexity index is 1080. The number of benzene rings is 2. The third-order valence-corrected chi connectivity index (χ3v) is 5.64. The molecule has 0 fully saturated rings. The molecule has 0 aromatic heterocycles. The molecule has 0 radical (unpaired) electrons. The lowest BCUT2D eigenvalue weighted by Crippen LogP contribution is -2.29. The number of rotatable bonds is 5. The molecule has 0 saturated heterocycles. The van der Waals surface area contributed by atoms with Gasteiger partial charge in [-0.15, -0.1) is 0 Å². The summed E-state index contributed by atoms with van der Waals surface area (Å²) in [6.07, 6.45) is 0. The predicted molar refractivity (Wildman–Crippen MR) is 105 cm³/mol. The van der Waals surface area contributed by atoms with E-state index < -0.39 is 22.0 Å². The number of nitrogens with zero attached hydrogens (tertiary/aromatic N) is 4. The number of carbonyl (C=O) groups is 1. The average Bonchev–Trinajstić information content (AvgIpc) is 2.95. The van der Waals surface area contributed by atoms with Crippen molar-refractivity contribution in [2.75, 3.05) is 12.1 Å². The van der Waals surface area contributed by atoms with Crippen LogP contribution in [0.25, 0.3) is 0 Å². The second-order valence-corrected chi connectivity index (χ2v) is 8.17. The van der Waals surface area contributed by atoms with Gasteiger partial charge in [-0.05, 0) is 56.4 Å². The average molecular weight is 422 g/mol. The van der Waals surface area contributed by atoms with Gasteiger partial charge in [-0.2, -0.15) is 20.3 Å². The van der Waals surface area contributed by atoms with Crippen molar-refractivity contribution in [2.24, 2.45) is 15.3 Å². The van der Waals surface area contributed by atoms with E-state index in [0.717, 1.165) is 6.07 Å². The fourth-order valence-electron chi connectivity index (χ4n) is 2.44. The number of carbonyl (C=O) groups excluding carboxylic acids is 1. The van der Waals surface area contributed by atoms with Crippen LogP contribution in [0.15, 0.2) is 62.7 Å². The number of hydrazone groups is 1. The molecule has 28 heavy (non-hydrogen) atoms. The Labute approximate surface area is 166 Å². The first-order valence-electron chi connectivity index (χ1n) is 8.05. The van der Waals surface area contributed by atoms with Crippen molar-refractivity contribution >= 4 is 44.6 Å². The molecule has 11 heteroatoms. The van der Waals surface area contributed by atoms with Crippen LogP contribution in [0, 0.1) is 0 Å². The first-order chi connectivity index (χ1) is 13.2. The van der Waals surface area contributed by atoms with Crippen molar-refractivity contribution in [3.05, 3.63) is 47.5 Å². The largest absolute Gasteiger partial charge is 0.506 e. The number of phenolic OH excluding ortho intramolecular Hbond substituents is 1. The number of aromatic hydroxyl groups is 1. The Morgan fingerprint density at radius 1 is 1.21 bits per heavy atom. The van der Waals surface area contributed by atoms with Crippen LogP contribution in [0.4, 0.5) is 11.4 Å². The Morgan fingerprint density at radius 3 is 2.54 bits per heavy atom. The lowest BCUT2D eigenvalue weighted by atomic mass is 10.2. The molecule has 0 aliphatic carbocycles. The van der Waals surface area contributed by atoms with Crippen molar-refractivity contribution in [1.29, 1.82) is 0 Å². The van der Waals surface area contributed by atoms with E-state index in [2.05, 4.69) is 20.1 Å². The Morgan fingerprint density at radius 2 is 1.89 bits per heavy atom. The van der Waals surface area contributed by atoms with E-state index in [1.165, 1.54) is 24.2 Å². The van der Waals surface area contributed by atoms with Crippen molar-refractivity contribution in [3.8, 4) is 5.75 Å². The minimum atomic E-state index is -3.72. The monoisotopic (exact) mass is 421 g/mol. The molecule has 1 atom stereocenters. The second-order valence-electron chi connectivity index (χ2n) is 5.84. The zero-order valence-electron chi connectivity index (χ0n) is 14.9. The van der Waals surface area contributed by atoms with Gasteiger partial charge < -0.3 is 5.11 Å². The van der Waals surface area contributed by atoms with Gasteiger partial charge in [-0.1, -0.05) is 11.6 Å². The van der Waals surface area contributed by atoms with Gasteiger partial charge in [-0.25, -0.2) is 13.1 Å². The molecule has 1 heterocycles. The number of sulfonamides is 1. The Hall–Kier alpha value is -2.82. The maximum atomic E-state index is 12.6. The summed E-state index contributed by atoms with van der Waals surface area (Å²) in [5, 5.41) is 23.7. The van der Waals surface area contributed by atoms with Crippen molar-refractivity contribution in [3.63, 3.8) is 0 Å². The van der Waals surface area contributed by atoms with E-state index in [1.807, 2.05) is 0 Å². The van der Waals surface area contributed by atoms with Crippen LogP contribution >= 0.6 is 11.6 Å². The first kappa shape index (κ1) is 19.9. The molecular formula is C17H16ClN5O4S. The molecule has 146 valence electrons. The predicted octanol–water partition coefficient (Wildman–Crippen LogP) is 2.83. The first-order valence-corrected chi connectivity index (χ1v) is 9.91. The van der Waals surface area contributed by atoms with Gasteiger partial charge in [0.25, 0.3) is 5.91 Å². The fraction of sp³-hybridized carbons (Fsp3) is 0.176. The Kier molecular flexibility index (Phi) is 5.45. The molecule has 0 spiro atoms. The van der Waals surface area contributed by atoms with E-state index in [4.69, 9.17) is 11.6 Å². The highest BCUT2D eigenvalue weighted by atomic mass is 35.5. The molecule has 1 aliphatic heterocycles. The SMILES string of the molecule is CNS(=O)(=O)c1ccc(O)c(N=NC2C(=O)N(c3ccc(Cl)cc3)N=C2C)c1. The standard InChI is InChI=1S/C17H16ClN5O4S/c1-10-16(17(25)23(22-10)12-5-3-11(18)4-6-12)21-20-14-9-13(7-8-15(14)24)28(26,27)19-2/h3-9,16,19,24H,1-2H3. The number of halogens is 1. The quantitative estimate of drug-likeness (QED) is 0.720. The molecule has 2 N–H and O–H groups in total. The number of anilines is 1. The minimum Gasteiger partial charge on any atom is -0.506 e. The highest BCUT2D eigenvalue weighted by molar-refractivity contribution is 7.89. The summed E-state index contributed by atoms with van der Waals surface area (Å²) in [5.74, 6) is -0.699. The molecule has 1 unspecified atom stereocenters. The lowest BCUT2D eigenvalue weighted by molar-refractivity contribution is -0.117. The maximum Gasteiger partial charge on any atom is 0.280 e. The highest BCUT2D eigenvalue weighted by Gasteiger charge is 2.34. The topological polar surface area (TPSA) is 124 Å². The number of hydrogen-bond acceptors (Lipinski definition) is 7. The molecule has 2 aromatic rings. The fourth-order valence-corrected chi connectivity index (χ4v) is 3.32. The molecule has 1 amide bonds. The minimum absolute atomic E-state index is 0.0816. The van der Waals surface area contributed by atoms with Gasteiger partial charge in [0.1, 0.15) is 11.4 Å². The molecular weight excluding hydrogens is 406 g/mol. The van der Waals surface area contributed by atoms with Crippen molar-refractivity contribution < 1.29 is 18.3 Å². The molecule has 0 saturated carbocycles. The summed E-state index contributed by atoms with van der Waals surface area (Å²) in [4.78, 5) is 12.5. The molecule has 2 aromatic carbocycles. The van der Waals surface area contributed by atoms with Gasteiger partial charge in [0.15, 0.2) is 6.04 Å². The number of amides is 1. The van der Waals surface area contributed by atoms with E-state index >= 15 is 0 Å². The van der Waals surface area contributed by atoms with Crippen LogP contribution in [0.3, 0.4) is 0 Å². The van der Waals surface area contributed by atoms with E-state index in [0.29, 0.717) is 16.4 Å². The summed E-state index contributed by atoms with van der Waals surface area (Å²) in [5.41, 5.74) is 0.848. The van der Waals surface area contributed by atoms with Crippen LogP contribution in [-0.2, 0) is 14.8 Å². The van der Waals surface area contributed by atoms with Gasteiger partial charge in [0.05, 0.1) is 16.3 Å². The lowest BCUT2D eigenvalue weighted by Gasteiger charge is -2.12. The van der Waals surface area contributed by atoms with Gasteiger partial charge in [0, 0.05) is 5.02 Å². The third-order valence-electron chi connectivity index (χ3n) is 3.97. The molecule has 3 rings (SSSR count). The normalized spacial score (nSPS) is 17.4. The maximum absolute atomic E-state index is 12.6. The van der Waals surface area contributed by atoms with Crippen LogP contribution < -0.4 is 9.73 Å². The summed E-state index contributed by atoms with van der Waals surface area (Å²) in [6, 6.07) is 9.16. The van der Waals surface area contributed by atoms with E-state index in [-0.39, 0.29) is 16.3 Å². The third kappa shape index (κ3) is 3.88. The number of phenols is 1. The van der Waals surface area contributed by atoms with Gasteiger partial charge in [-0.3, -0.25) is 4.79 Å². The van der Waals surface area contributed by atoms with Crippen LogP contribution in [0.1, 0.15) is 6.92 Å². The molecule has 1 aliphatic rings. The summed E-state index contributed by atoms with van der Waals surface area (Å²) < 4.78 is 26.0. The zero-order chi connectivity index (χ0) is 20.5. The zero-order valence-corrected chi connectivity index (χ0v) is 16.4. The smallest absolute Gasteiger partial charge is 0.280 e. The van der Waals surface area contributed by atoms with Gasteiger partial charge in [0.2, 0.25) is 10.0 Å². The van der Waals surface area contributed by atoms with Crippen LogP contribution in [0.2, 0.25) is 5.02 Å². The highest BCUT2D eigenvalue weighted by Crippen LogP contribution is 2.30. The summed E-state index contributed by atoms with van der Waals surface area (Å²) in [7, 11) is -2.45. The summed E-state index contributed by atoms with van der Waals surface area (Å²) in [6.45, 7) is 1.62. The molecule has 0 bridgehead atoms.